The molecule has 2 amide bonds. The van der Waals surface area contributed by atoms with Gasteiger partial charge in [-0.25, -0.2) is 0 Å². The summed E-state index contributed by atoms with van der Waals surface area (Å²) in [6.07, 6.45) is 2.80. The van der Waals surface area contributed by atoms with Crippen LogP contribution in [0, 0.1) is 5.92 Å². The topological polar surface area (TPSA) is 93.1 Å². The molecule has 1 fully saturated rings. The maximum absolute atomic E-state index is 12.4. The van der Waals surface area contributed by atoms with Gasteiger partial charge in [-0.15, -0.1) is 0 Å². The van der Waals surface area contributed by atoms with Crippen molar-refractivity contribution in [1.82, 2.24) is 9.80 Å². The number of hydrogen-bond acceptors (Lipinski definition) is 5. The Kier molecular flexibility index (Phi) is 8.41. The Bertz CT molecular complexity index is 721. The number of rotatable bonds is 8. The van der Waals surface area contributed by atoms with Crippen molar-refractivity contribution >= 4 is 40.7 Å². The summed E-state index contributed by atoms with van der Waals surface area (Å²) in [5, 5.41) is 22.4. The van der Waals surface area contributed by atoms with Crippen molar-refractivity contribution in [2.24, 2.45) is 5.92 Å². The number of aromatic hydroxyl groups is 1. The number of aliphatic hydroxyl groups excluding tert-OH is 1. The van der Waals surface area contributed by atoms with Crippen molar-refractivity contribution in [2.75, 3.05) is 44.6 Å². The zero-order valence-corrected chi connectivity index (χ0v) is 17.0. The van der Waals surface area contributed by atoms with Crippen molar-refractivity contribution < 1.29 is 19.8 Å². The van der Waals surface area contributed by atoms with Gasteiger partial charge in [0, 0.05) is 32.2 Å². The van der Waals surface area contributed by atoms with Crippen molar-refractivity contribution in [3.63, 3.8) is 0 Å². The molecule has 154 valence electrons. The fourth-order valence-corrected chi connectivity index (χ4v) is 3.50. The molecule has 0 bridgehead atoms. The molecule has 0 atom stereocenters. The number of phenolic OH excluding ortho intramolecular Hbond substituents is 1. The second-order valence-corrected chi connectivity index (χ2v) is 7.49. The Labute approximate surface area is 174 Å². The maximum atomic E-state index is 12.4. The summed E-state index contributed by atoms with van der Waals surface area (Å²) in [6.45, 7) is 5.43. The monoisotopic (exact) mass is 429 g/mol. The Hall–Kier alpha value is -1.96. The van der Waals surface area contributed by atoms with Gasteiger partial charge in [0.05, 0.1) is 28.9 Å². The van der Waals surface area contributed by atoms with Crippen LogP contribution in [0.1, 0.15) is 12.8 Å². The number of anilines is 1. The lowest BCUT2D eigenvalue weighted by Crippen LogP contribution is -2.44. The lowest BCUT2D eigenvalue weighted by atomic mass is 9.96. The molecule has 0 unspecified atom stereocenters. The van der Waals surface area contributed by atoms with E-state index in [9.17, 15) is 14.7 Å². The van der Waals surface area contributed by atoms with Gasteiger partial charge in [0.2, 0.25) is 11.8 Å². The van der Waals surface area contributed by atoms with Gasteiger partial charge in [0.15, 0.2) is 0 Å². The van der Waals surface area contributed by atoms with E-state index in [1.165, 1.54) is 18.2 Å². The van der Waals surface area contributed by atoms with E-state index in [0.717, 1.165) is 12.8 Å². The fraction of sp³-hybridized carbons (Fsp3) is 0.474. The van der Waals surface area contributed by atoms with Crippen LogP contribution in [-0.2, 0) is 9.59 Å². The Morgan fingerprint density at radius 2 is 1.93 bits per heavy atom. The summed E-state index contributed by atoms with van der Waals surface area (Å²) in [7, 11) is 0. The molecule has 0 saturated carbocycles. The van der Waals surface area contributed by atoms with E-state index in [-0.39, 0.29) is 53.2 Å². The number of aliphatic hydroxyl groups is 1. The van der Waals surface area contributed by atoms with E-state index in [2.05, 4.69) is 11.9 Å². The first kappa shape index (κ1) is 22.3. The largest absolute Gasteiger partial charge is 0.506 e. The number of carbonyl (C=O) groups excluding carboxylic acids is 2. The average molecular weight is 430 g/mol. The SMILES string of the molecule is C=CC(=O)N(CCO)CC1CCN(C(=O)CNc2cc(Cl)c(Cl)cc2O)CC1. The second-order valence-electron chi connectivity index (χ2n) is 6.67. The molecule has 2 rings (SSSR count). The highest BCUT2D eigenvalue weighted by atomic mass is 35.5. The average Bonchev–Trinajstić information content (AvgIpc) is 2.69. The fourth-order valence-electron chi connectivity index (χ4n) is 3.18. The van der Waals surface area contributed by atoms with Crippen molar-refractivity contribution in [3.8, 4) is 5.75 Å². The van der Waals surface area contributed by atoms with Gasteiger partial charge in [0.25, 0.3) is 0 Å². The Balaban J connectivity index is 1.82. The molecular formula is C19H25Cl2N3O4. The number of likely N-dealkylation sites (tertiary alicyclic amines) is 1. The predicted molar refractivity (Wildman–Crippen MR) is 110 cm³/mol. The van der Waals surface area contributed by atoms with Gasteiger partial charge in [0.1, 0.15) is 5.75 Å². The first-order valence-electron chi connectivity index (χ1n) is 9.07. The van der Waals surface area contributed by atoms with Gasteiger partial charge >= 0.3 is 0 Å². The predicted octanol–water partition coefficient (Wildman–Crippen LogP) is 2.36. The molecule has 0 radical (unpaired) electrons. The highest BCUT2D eigenvalue weighted by Gasteiger charge is 2.25. The van der Waals surface area contributed by atoms with E-state index in [1.54, 1.807) is 9.80 Å². The zero-order chi connectivity index (χ0) is 20.7. The molecule has 1 saturated heterocycles. The van der Waals surface area contributed by atoms with Crippen LogP contribution in [0.3, 0.4) is 0 Å². The summed E-state index contributed by atoms with van der Waals surface area (Å²) in [5.74, 6) is -0.0835. The van der Waals surface area contributed by atoms with E-state index in [4.69, 9.17) is 28.3 Å². The number of piperidine rings is 1. The van der Waals surface area contributed by atoms with Crippen molar-refractivity contribution in [3.05, 3.63) is 34.8 Å². The zero-order valence-electron chi connectivity index (χ0n) is 15.5. The van der Waals surface area contributed by atoms with Gasteiger partial charge in [-0.3, -0.25) is 9.59 Å². The number of amides is 2. The highest BCUT2D eigenvalue weighted by Crippen LogP contribution is 2.33. The standard InChI is InChI=1S/C19H25Cl2N3O4/c1-2-18(27)24(7-8-25)12-13-3-5-23(6-4-13)19(28)11-22-16-9-14(20)15(21)10-17(16)26/h2,9-10,13,22,25-26H,1,3-8,11-12H2. The number of carbonyl (C=O) groups is 2. The number of halogens is 2. The molecule has 0 spiro atoms. The van der Waals surface area contributed by atoms with Crippen LogP contribution in [0.5, 0.6) is 5.75 Å². The molecule has 0 aromatic heterocycles. The second kappa shape index (κ2) is 10.5. The van der Waals surface area contributed by atoms with Crippen LogP contribution in [0.4, 0.5) is 5.69 Å². The van der Waals surface area contributed by atoms with E-state index in [1.807, 2.05) is 0 Å². The van der Waals surface area contributed by atoms with Gasteiger partial charge < -0.3 is 25.3 Å². The van der Waals surface area contributed by atoms with Gasteiger partial charge in [-0.1, -0.05) is 29.8 Å². The lowest BCUT2D eigenvalue weighted by Gasteiger charge is -2.34. The summed E-state index contributed by atoms with van der Waals surface area (Å²) in [6, 6.07) is 2.80. The molecule has 0 aliphatic carbocycles. The first-order chi connectivity index (χ1) is 13.3. The molecule has 1 heterocycles. The summed E-state index contributed by atoms with van der Waals surface area (Å²) in [4.78, 5) is 27.6. The van der Waals surface area contributed by atoms with Crippen LogP contribution >= 0.6 is 23.2 Å². The minimum absolute atomic E-state index is 0.0295. The third-order valence-electron chi connectivity index (χ3n) is 4.77. The van der Waals surface area contributed by atoms with Crippen LogP contribution in [-0.4, -0.2) is 71.2 Å². The lowest BCUT2D eigenvalue weighted by molar-refractivity contribution is -0.132. The quantitative estimate of drug-likeness (QED) is 0.435. The number of nitrogens with one attached hydrogen (secondary N) is 1. The number of phenols is 1. The van der Waals surface area contributed by atoms with Crippen molar-refractivity contribution in [2.45, 2.75) is 12.8 Å². The molecule has 7 nitrogen and oxygen atoms in total. The number of nitrogens with zero attached hydrogens (tertiary/aromatic N) is 2. The summed E-state index contributed by atoms with van der Waals surface area (Å²) < 4.78 is 0. The van der Waals surface area contributed by atoms with Crippen LogP contribution < -0.4 is 5.32 Å². The third kappa shape index (κ3) is 6.02. The highest BCUT2D eigenvalue weighted by molar-refractivity contribution is 6.42. The number of benzene rings is 1. The van der Waals surface area contributed by atoms with Crippen LogP contribution in [0.25, 0.3) is 0 Å². The number of hydrogen-bond donors (Lipinski definition) is 3. The minimum Gasteiger partial charge on any atom is -0.506 e. The third-order valence-corrected chi connectivity index (χ3v) is 5.49. The van der Waals surface area contributed by atoms with Crippen LogP contribution in [0.15, 0.2) is 24.8 Å². The molecule has 1 aliphatic heterocycles. The molecule has 1 aromatic rings. The van der Waals surface area contributed by atoms with Gasteiger partial charge in [-0.2, -0.15) is 0 Å². The smallest absolute Gasteiger partial charge is 0.246 e. The van der Waals surface area contributed by atoms with Crippen LogP contribution in [0.2, 0.25) is 10.0 Å². The van der Waals surface area contributed by atoms with Gasteiger partial charge in [-0.05, 0) is 30.9 Å². The molecule has 3 N–H and O–H groups in total. The van der Waals surface area contributed by atoms with Crippen molar-refractivity contribution in [1.29, 1.82) is 0 Å². The first-order valence-corrected chi connectivity index (χ1v) is 9.83. The molecule has 28 heavy (non-hydrogen) atoms. The molecule has 1 aliphatic rings. The molecule has 1 aromatic carbocycles. The normalized spacial score (nSPS) is 14.6. The Morgan fingerprint density at radius 1 is 1.29 bits per heavy atom. The van der Waals surface area contributed by atoms with E-state index < -0.39 is 0 Å². The van der Waals surface area contributed by atoms with E-state index in [0.29, 0.717) is 25.3 Å². The Morgan fingerprint density at radius 3 is 2.54 bits per heavy atom. The maximum Gasteiger partial charge on any atom is 0.246 e. The molecule has 9 heteroatoms. The molecular weight excluding hydrogens is 405 g/mol. The summed E-state index contributed by atoms with van der Waals surface area (Å²) >= 11 is 11.8. The minimum atomic E-state index is -0.196. The van der Waals surface area contributed by atoms with E-state index >= 15 is 0 Å². The summed E-state index contributed by atoms with van der Waals surface area (Å²) in [5.41, 5.74) is 0.347.